The lowest BCUT2D eigenvalue weighted by atomic mass is 10.2. The molecule has 1 N–H and O–H groups in total. The van der Waals surface area contributed by atoms with Crippen LogP contribution in [0.4, 0.5) is 9.52 Å². The fraction of sp³-hybridized carbons (Fsp3) is 0.111. The molecule has 1 heterocycles. The van der Waals surface area contributed by atoms with Gasteiger partial charge < -0.3 is 4.74 Å². The van der Waals surface area contributed by atoms with Gasteiger partial charge in [0.2, 0.25) is 5.13 Å². The van der Waals surface area contributed by atoms with Gasteiger partial charge in [-0.3, -0.25) is 10.1 Å². The summed E-state index contributed by atoms with van der Waals surface area (Å²) in [4.78, 5) is 12.0. The number of aromatic nitrogens is 2. The van der Waals surface area contributed by atoms with Crippen LogP contribution in [0.1, 0.15) is 11.1 Å². The number of hydrogen-bond donors (Lipinski definition) is 1. The van der Waals surface area contributed by atoms with E-state index >= 15 is 0 Å². The van der Waals surface area contributed by atoms with Crippen molar-refractivity contribution in [2.45, 2.75) is 10.1 Å². The maximum absolute atomic E-state index is 12.9. The average Bonchev–Trinajstić information content (AvgIpc) is 3.13. The van der Waals surface area contributed by atoms with Crippen molar-refractivity contribution in [3.63, 3.8) is 0 Å². The van der Waals surface area contributed by atoms with E-state index in [1.165, 1.54) is 35.2 Å². The number of nitrogens with zero attached hydrogens (tertiary/aromatic N) is 3. The fourth-order valence-corrected chi connectivity index (χ4v) is 3.75. The van der Waals surface area contributed by atoms with Gasteiger partial charge in [0.1, 0.15) is 17.6 Å². The highest BCUT2D eigenvalue weighted by Crippen LogP contribution is 2.28. The Hall–Kier alpha value is -2.96. The van der Waals surface area contributed by atoms with Crippen molar-refractivity contribution >= 4 is 34.1 Å². The van der Waals surface area contributed by atoms with Crippen molar-refractivity contribution in [1.29, 1.82) is 5.26 Å². The monoisotopic (exact) mass is 400 g/mol. The smallest absolute Gasteiger partial charge is 0.264 e. The molecule has 0 radical (unpaired) electrons. The van der Waals surface area contributed by atoms with Gasteiger partial charge in [-0.15, -0.1) is 10.2 Å². The molecular weight excluding hydrogens is 387 g/mol. The van der Waals surface area contributed by atoms with Gasteiger partial charge in [-0.05, 0) is 29.8 Å². The van der Waals surface area contributed by atoms with Crippen LogP contribution in [0.3, 0.4) is 0 Å². The van der Waals surface area contributed by atoms with E-state index in [1.807, 2.05) is 6.07 Å². The third kappa shape index (κ3) is 5.51. The number of nitrogens with one attached hydrogen (secondary N) is 1. The Labute approximate surface area is 163 Å². The molecule has 0 fully saturated rings. The normalized spacial score (nSPS) is 10.2. The van der Waals surface area contributed by atoms with Gasteiger partial charge in [0, 0.05) is 5.75 Å². The largest absolute Gasteiger partial charge is 0.482 e. The van der Waals surface area contributed by atoms with E-state index < -0.39 is 5.91 Å². The van der Waals surface area contributed by atoms with Gasteiger partial charge in [0.05, 0.1) is 5.56 Å². The zero-order valence-corrected chi connectivity index (χ0v) is 15.5. The summed E-state index contributed by atoms with van der Waals surface area (Å²) in [5.41, 5.74) is 1.33. The third-order valence-corrected chi connectivity index (χ3v) is 5.34. The quantitative estimate of drug-likeness (QED) is 0.479. The summed E-state index contributed by atoms with van der Waals surface area (Å²) in [6, 6.07) is 14.9. The van der Waals surface area contributed by atoms with E-state index in [4.69, 9.17) is 10.00 Å². The third-order valence-electron chi connectivity index (χ3n) is 3.29. The molecule has 3 rings (SSSR count). The second-order valence-electron chi connectivity index (χ2n) is 5.23. The molecule has 0 aliphatic rings. The number of benzene rings is 2. The van der Waals surface area contributed by atoms with E-state index in [-0.39, 0.29) is 12.4 Å². The number of carbonyl (C=O) groups excluding carboxylic acids is 1. The minimum atomic E-state index is -0.394. The molecule has 0 aliphatic heterocycles. The van der Waals surface area contributed by atoms with Gasteiger partial charge in [0.25, 0.3) is 5.91 Å². The molecule has 3 aromatic rings. The summed E-state index contributed by atoms with van der Waals surface area (Å²) in [7, 11) is 0. The van der Waals surface area contributed by atoms with E-state index in [0.717, 1.165) is 5.56 Å². The second kappa shape index (κ2) is 9.12. The molecule has 0 unspecified atom stereocenters. The van der Waals surface area contributed by atoms with Crippen LogP contribution in [0.5, 0.6) is 5.75 Å². The van der Waals surface area contributed by atoms with Gasteiger partial charge in [-0.25, -0.2) is 4.39 Å². The van der Waals surface area contributed by atoms with Gasteiger partial charge in [-0.1, -0.05) is 47.4 Å². The van der Waals surface area contributed by atoms with E-state index in [1.54, 1.807) is 36.4 Å². The molecule has 1 amide bonds. The van der Waals surface area contributed by atoms with Crippen LogP contribution < -0.4 is 10.1 Å². The van der Waals surface area contributed by atoms with Crippen LogP contribution in [-0.2, 0) is 10.5 Å². The summed E-state index contributed by atoms with van der Waals surface area (Å²) in [6.45, 7) is -0.240. The Bertz CT molecular complexity index is 970. The number of amides is 1. The standard InChI is InChI=1S/C18H13FN4O2S2/c19-14-7-5-12(6-8-14)11-26-18-23-22-17(27-18)21-16(24)10-25-15-4-2-1-3-13(15)9-20/h1-8H,10-11H2,(H,21,22,24). The van der Waals surface area contributed by atoms with Crippen LogP contribution in [0.25, 0.3) is 0 Å². The number of carbonyl (C=O) groups is 1. The van der Waals surface area contributed by atoms with E-state index in [2.05, 4.69) is 15.5 Å². The molecular formula is C18H13FN4O2S2. The predicted molar refractivity (Wildman–Crippen MR) is 101 cm³/mol. The lowest BCUT2D eigenvalue weighted by molar-refractivity contribution is -0.118. The zero-order chi connectivity index (χ0) is 19.1. The molecule has 27 heavy (non-hydrogen) atoms. The number of halogens is 1. The van der Waals surface area contributed by atoms with Crippen molar-refractivity contribution < 1.29 is 13.9 Å². The first-order valence-corrected chi connectivity index (χ1v) is 9.57. The van der Waals surface area contributed by atoms with Gasteiger partial charge >= 0.3 is 0 Å². The molecule has 0 atom stereocenters. The molecule has 0 saturated heterocycles. The van der Waals surface area contributed by atoms with E-state index in [9.17, 15) is 9.18 Å². The highest BCUT2D eigenvalue weighted by Gasteiger charge is 2.11. The van der Waals surface area contributed by atoms with Crippen LogP contribution in [-0.4, -0.2) is 22.7 Å². The van der Waals surface area contributed by atoms with E-state index in [0.29, 0.717) is 26.5 Å². The zero-order valence-electron chi connectivity index (χ0n) is 13.9. The molecule has 136 valence electrons. The maximum atomic E-state index is 12.9. The summed E-state index contributed by atoms with van der Waals surface area (Å²) in [5, 5.41) is 19.9. The lowest BCUT2D eigenvalue weighted by Crippen LogP contribution is -2.20. The van der Waals surface area contributed by atoms with Crippen LogP contribution >= 0.6 is 23.1 Å². The molecule has 0 aliphatic carbocycles. The van der Waals surface area contributed by atoms with Crippen molar-refractivity contribution in [3.05, 3.63) is 65.5 Å². The van der Waals surface area contributed by atoms with Crippen molar-refractivity contribution in [1.82, 2.24) is 10.2 Å². The second-order valence-corrected chi connectivity index (χ2v) is 7.43. The number of anilines is 1. The average molecular weight is 400 g/mol. The van der Waals surface area contributed by atoms with Crippen molar-refractivity contribution in [3.8, 4) is 11.8 Å². The molecule has 0 saturated carbocycles. The van der Waals surface area contributed by atoms with Crippen LogP contribution in [0.2, 0.25) is 0 Å². The van der Waals surface area contributed by atoms with Gasteiger partial charge in [-0.2, -0.15) is 5.26 Å². The van der Waals surface area contributed by atoms with Crippen molar-refractivity contribution in [2.75, 3.05) is 11.9 Å². The molecule has 0 spiro atoms. The number of thioether (sulfide) groups is 1. The number of para-hydroxylation sites is 1. The maximum Gasteiger partial charge on any atom is 0.264 e. The first-order valence-electron chi connectivity index (χ1n) is 7.76. The Balaban J connectivity index is 1.49. The summed E-state index contributed by atoms with van der Waals surface area (Å²) < 4.78 is 19.0. The predicted octanol–water partition coefficient (Wildman–Crippen LogP) is 3.86. The Morgan fingerprint density at radius 2 is 2.00 bits per heavy atom. The number of nitriles is 1. The summed E-state index contributed by atoms with van der Waals surface area (Å²) in [5.74, 6) is 0.304. The van der Waals surface area contributed by atoms with Crippen molar-refractivity contribution in [2.24, 2.45) is 0 Å². The fourth-order valence-electron chi connectivity index (χ4n) is 2.03. The molecule has 2 aromatic carbocycles. The highest BCUT2D eigenvalue weighted by molar-refractivity contribution is 8.00. The molecule has 9 heteroatoms. The highest BCUT2D eigenvalue weighted by atomic mass is 32.2. The van der Waals surface area contributed by atoms with Gasteiger partial charge in [0.15, 0.2) is 10.9 Å². The topological polar surface area (TPSA) is 87.9 Å². The summed E-state index contributed by atoms with van der Waals surface area (Å²) >= 11 is 2.69. The number of ether oxygens (including phenoxy) is 1. The van der Waals surface area contributed by atoms with Crippen LogP contribution in [0.15, 0.2) is 52.9 Å². The van der Waals surface area contributed by atoms with Crippen LogP contribution in [0, 0.1) is 17.1 Å². The number of rotatable bonds is 7. The SMILES string of the molecule is N#Cc1ccccc1OCC(=O)Nc1nnc(SCc2ccc(F)cc2)s1. The minimum absolute atomic E-state index is 0.240. The molecule has 0 bridgehead atoms. The Morgan fingerprint density at radius 1 is 1.22 bits per heavy atom. The molecule has 1 aromatic heterocycles. The Kier molecular flexibility index (Phi) is 6.35. The first kappa shape index (κ1) is 18.8. The molecule has 6 nitrogen and oxygen atoms in total. The Morgan fingerprint density at radius 3 is 2.78 bits per heavy atom. The minimum Gasteiger partial charge on any atom is -0.482 e. The number of hydrogen-bond acceptors (Lipinski definition) is 7. The summed E-state index contributed by atoms with van der Waals surface area (Å²) in [6.07, 6.45) is 0. The first-order chi connectivity index (χ1) is 13.1. The lowest BCUT2D eigenvalue weighted by Gasteiger charge is -2.06.